The summed E-state index contributed by atoms with van der Waals surface area (Å²) >= 11 is 0. The zero-order valence-corrected chi connectivity index (χ0v) is 40.3. The Morgan fingerprint density at radius 1 is 0.824 bits per heavy atom. The number of fused-ring (bicyclic) bond motifs is 7. The molecule has 8 aliphatic rings. The van der Waals surface area contributed by atoms with E-state index in [4.69, 9.17) is 42.6 Å². The van der Waals surface area contributed by atoms with Crippen LogP contribution < -0.4 is 0 Å². The minimum atomic E-state index is -1.73. The lowest BCUT2D eigenvalue weighted by atomic mass is 9.46. The van der Waals surface area contributed by atoms with Gasteiger partial charge in [-0.15, -0.1) is 0 Å². The quantitative estimate of drug-likeness (QED) is 0.0765. The molecule has 0 aromatic heterocycles. The highest BCUT2D eigenvalue weighted by Gasteiger charge is 2.69. The van der Waals surface area contributed by atoms with Crippen molar-refractivity contribution >= 4 is 5.97 Å². The van der Waals surface area contributed by atoms with Crippen molar-refractivity contribution < 1.29 is 98.5 Å². The maximum atomic E-state index is 11.8. The van der Waals surface area contributed by atoms with Crippen LogP contribution in [0.1, 0.15) is 92.9 Å². The lowest BCUT2D eigenvalue weighted by Gasteiger charge is -2.60. The Kier molecular flexibility index (Phi) is 15.9. The first-order valence-corrected chi connectivity index (χ1v) is 24.8. The molecule has 0 spiro atoms. The van der Waals surface area contributed by atoms with Gasteiger partial charge < -0.3 is 93.7 Å². The molecule has 0 aromatic carbocycles. The summed E-state index contributed by atoms with van der Waals surface area (Å²) in [6, 6.07) is 0. The maximum Gasteiger partial charge on any atom is 0.302 e. The molecule has 68 heavy (non-hydrogen) atoms. The normalized spacial score (nSPS) is 52.8. The van der Waals surface area contributed by atoms with Gasteiger partial charge in [-0.2, -0.15) is 0 Å². The first kappa shape index (κ1) is 52.8. The topological polar surface area (TPSA) is 302 Å². The van der Waals surface area contributed by atoms with Crippen molar-refractivity contribution in [2.75, 3.05) is 26.9 Å². The van der Waals surface area contributed by atoms with Crippen LogP contribution in [0.25, 0.3) is 0 Å². The molecule has 4 saturated heterocycles. The number of rotatable bonds is 14. The Balaban J connectivity index is 0.977. The first-order valence-electron chi connectivity index (χ1n) is 24.8. The Hall–Kier alpha value is -1.51. The summed E-state index contributed by atoms with van der Waals surface area (Å²) in [7, 11) is 1.69. The van der Waals surface area contributed by atoms with Crippen LogP contribution in [-0.2, 0) is 47.4 Å². The third-order valence-electron chi connectivity index (χ3n) is 18.0. The van der Waals surface area contributed by atoms with Crippen LogP contribution in [-0.4, -0.2) is 200 Å². The number of hydrogen-bond acceptors (Lipinski definition) is 20. The fourth-order valence-corrected chi connectivity index (χ4v) is 14.1. The molecule has 20 heteroatoms. The lowest BCUT2D eigenvalue weighted by molar-refractivity contribution is -0.374. The number of aliphatic hydroxyl groups is 10. The van der Waals surface area contributed by atoms with Gasteiger partial charge >= 0.3 is 5.97 Å². The summed E-state index contributed by atoms with van der Waals surface area (Å²) in [5.41, 5.74) is 0.355. The van der Waals surface area contributed by atoms with Gasteiger partial charge in [0.15, 0.2) is 24.7 Å². The predicted octanol–water partition coefficient (Wildman–Crippen LogP) is -0.636. The van der Waals surface area contributed by atoms with E-state index in [1.165, 1.54) is 13.8 Å². The Morgan fingerprint density at radius 2 is 1.50 bits per heavy atom. The van der Waals surface area contributed by atoms with Gasteiger partial charge in [-0.25, -0.2) is 0 Å². The van der Waals surface area contributed by atoms with Gasteiger partial charge in [-0.1, -0.05) is 39.3 Å². The number of carbonyl (C=O) groups excluding carboxylic acids is 1. The second-order valence-corrected chi connectivity index (χ2v) is 21.9. The predicted molar refractivity (Wildman–Crippen MR) is 233 cm³/mol. The molecule has 1 unspecified atom stereocenters. The van der Waals surface area contributed by atoms with E-state index in [-0.39, 0.29) is 60.1 Å². The van der Waals surface area contributed by atoms with Crippen molar-refractivity contribution in [2.45, 2.75) is 209 Å². The molecular weight excluding hydrogens is 897 g/mol. The van der Waals surface area contributed by atoms with Gasteiger partial charge in [-0.05, 0) is 80.5 Å². The average molecular weight is 975 g/mol. The molecule has 27 atom stereocenters. The Morgan fingerprint density at radius 3 is 2.19 bits per heavy atom. The monoisotopic (exact) mass is 975 g/mol. The molecule has 8 rings (SSSR count). The summed E-state index contributed by atoms with van der Waals surface area (Å²) < 4.78 is 55.1. The summed E-state index contributed by atoms with van der Waals surface area (Å²) in [5.74, 6) is -0.645. The highest BCUT2D eigenvalue weighted by Crippen LogP contribution is 2.70. The van der Waals surface area contributed by atoms with Crippen LogP contribution in [0.5, 0.6) is 0 Å². The van der Waals surface area contributed by atoms with Crippen molar-refractivity contribution in [1.29, 1.82) is 0 Å². The van der Waals surface area contributed by atoms with Crippen LogP contribution in [0.4, 0.5) is 0 Å². The zero-order chi connectivity index (χ0) is 49.4. The molecule has 0 aromatic rings. The van der Waals surface area contributed by atoms with Crippen LogP contribution in [0, 0.1) is 46.3 Å². The summed E-state index contributed by atoms with van der Waals surface area (Å²) in [6.07, 6.45) is -15.5. The highest BCUT2D eigenvalue weighted by molar-refractivity contribution is 5.65. The van der Waals surface area contributed by atoms with Crippen LogP contribution in [0.3, 0.4) is 0 Å². The van der Waals surface area contributed by atoms with E-state index in [0.717, 1.165) is 31.3 Å². The van der Waals surface area contributed by atoms with Crippen molar-refractivity contribution in [3.63, 3.8) is 0 Å². The van der Waals surface area contributed by atoms with E-state index >= 15 is 0 Å². The number of allylic oxidation sites excluding steroid dienone is 1. The standard InChI is InChI=1S/C48H78O20/c1-20(18-62-43-40(58)38(56)35(53)30(17-49)64-43)10-13-48(60-7)21(2)33-29(68-48)16-28-26-9-8-24-14-25(51)15-32(47(24,6)27(26)11-12-46(28,33)5)66-45-42(39(57)36(54)31(65-45)19-61-23(4)50)67-44-41(59)37(55)34(52)22(3)63-44/h8,20-22,25-45,49,51-59H,9-19H2,1-7H3/t20-,21+,22+,25-,26-,27+,28+,29?,30-,31-,32-,33+,34+,35-,36-,37-,38+,39+,40-,41-,42-,43-,44+,45+,46+,47+,48-/m1/s1. The molecule has 4 heterocycles. The smallest absolute Gasteiger partial charge is 0.302 e. The fraction of sp³-hybridized carbons (Fsp3) is 0.938. The minimum absolute atomic E-state index is 0.0238. The van der Waals surface area contributed by atoms with Crippen molar-refractivity contribution in [3.8, 4) is 0 Å². The fourth-order valence-electron chi connectivity index (χ4n) is 14.1. The van der Waals surface area contributed by atoms with E-state index in [9.17, 15) is 55.9 Å². The van der Waals surface area contributed by atoms with E-state index in [0.29, 0.717) is 19.3 Å². The molecule has 0 bridgehead atoms. The van der Waals surface area contributed by atoms with Gasteiger partial charge in [0, 0.05) is 38.2 Å². The van der Waals surface area contributed by atoms with Gasteiger partial charge in [0.25, 0.3) is 0 Å². The number of carbonyl (C=O) groups is 1. The molecule has 20 nitrogen and oxygen atoms in total. The molecule has 390 valence electrons. The number of hydrogen-bond donors (Lipinski definition) is 10. The third kappa shape index (κ3) is 9.27. The average Bonchev–Trinajstić information content (AvgIpc) is 3.76. The van der Waals surface area contributed by atoms with Crippen LogP contribution in [0.15, 0.2) is 11.6 Å². The van der Waals surface area contributed by atoms with E-state index in [1.807, 2.05) is 6.92 Å². The first-order chi connectivity index (χ1) is 32.1. The Bertz CT molecular complexity index is 1770. The molecule has 4 aliphatic carbocycles. The molecule has 0 radical (unpaired) electrons. The minimum Gasteiger partial charge on any atom is -0.463 e. The molecule has 3 saturated carbocycles. The van der Waals surface area contributed by atoms with Crippen LogP contribution >= 0.6 is 0 Å². The van der Waals surface area contributed by atoms with E-state index < -0.39 is 135 Å². The second-order valence-electron chi connectivity index (χ2n) is 21.9. The zero-order valence-electron chi connectivity index (χ0n) is 40.3. The van der Waals surface area contributed by atoms with Crippen molar-refractivity contribution in [1.82, 2.24) is 0 Å². The van der Waals surface area contributed by atoms with E-state index in [2.05, 4.69) is 26.8 Å². The molecule has 7 fully saturated rings. The highest BCUT2D eigenvalue weighted by atomic mass is 16.8. The Labute approximate surface area is 397 Å². The third-order valence-corrected chi connectivity index (χ3v) is 18.0. The number of aliphatic hydroxyl groups excluding tert-OH is 10. The summed E-state index contributed by atoms with van der Waals surface area (Å²) in [6.45, 7) is 10.7. The largest absolute Gasteiger partial charge is 0.463 e. The molecule has 10 N–H and O–H groups in total. The molecular formula is C48H78O20. The van der Waals surface area contributed by atoms with Crippen molar-refractivity contribution in [2.24, 2.45) is 46.3 Å². The maximum absolute atomic E-state index is 11.8. The van der Waals surface area contributed by atoms with Gasteiger partial charge in [0.1, 0.15) is 73.8 Å². The summed E-state index contributed by atoms with van der Waals surface area (Å²) in [5, 5.41) is 107. The van der Waals surface area contributed by atoms with Crippen molar-refractivity contribution in [3.05, 3.63) is 11.6 Å². The number of methoxy groups -OCH3 is 1. The number of esters is 1. The molecule has 4 aliphatic heterocycles. The molecule has 0 amide bonds. The van der Waals surface area contributed by atoms with E-state index in [1.54, 1.807) is 7.11 Å². The SMILES string of the molecule is CO[C@]1(CC[C@@H](C)CO[C@@H]2O[C@H](CO)[C@@H](O)[C@H](O)[C@H]2O)OC2C[C@H]3[C@@H]4CC=C5C[C@@H](O)C[C@@H](O[C@@H]6O[C@H](COC(C)=O)[C@@H](O)[C@H](O)[C@H]6O[C@@H]6O[C@@H](C)[C@H](O)[C@@H](O)[C@H]6O)[C@]5(C)[C@H]4CC[C@]3(C)[C@H]2[C@@H]1C. The van der Waals surface area contributed by atoms with Gasteiger partial charge in [-0.3, -0.25) is 4.79 Å². The van der Waals surface area contributed by atoms with Crippen LogP contribution in [0.2, 0.25) is 0 Å². The summed E-state index contributed by atoms with van der Waals surface area (Å²) in [4.78, 5) is 11.8. The lowest BCUT2D eigenvalue weighted by Crippen LogP contribution is -2.65. The second kappa shape index (κ2) is 20.4. The van der Waals surface area contributed by atoms with Gasteiger partial charge in [0.2, 0.25) is 0 Å². The van der Waals surface area contributed by atoms with Gasteiger partial charge in [0.05, 0.1) is 37.6 Å². The number of ether oxygens (including phenoxy) is 9.